The fraction of sp³-hybridized carbons (Fsp3) is 0.632. The lowest BCUT2D eigenvalue weighted by molar-refractivity contribution is 0.0203. The molecule has 1 aliphatic rings. The molecule has 0 aromatic heterocycles. The summed E-state index contributed by atoms with van der Waals surface area (Å²) < 4.78 is 12.2. The monoisotopic (exact) mass is 573 g/mol. The van der Waals surface area contributed by atoms with Crippen LogP contribution in [0.3, 0.4) is 0 Å². The highest BCUT2D eigenvalue weighted by Crippen LogP contribution is 2.21. The Hall–Kier alpha value is -0.0900. The third-order valence-corrected chi connectivity index (χ3v) is 5.38. The van der Waals surface area contributed by atoms with Gasteiger partial charge in [-0.15, -0.1) is 24.0 Å². The van der Waals surface area contributed by atoms with Gasteiger partial charge >= 0.3 is 0 Å². The van der Waals surface area contributed by atoms with E-state index in [1.54, 1.807) is 7.05 Å². The van der Waals surface area contributed by atoms with Gasteiger partial charge in [0.2, 0.25) is 0 Å². The topological polar surface area (TPSA) is 54.9 Å². The number of nitrogens with one attached hydrogen (secondary N) is 2. The Labute approximate surface area is 193 Å². The van der Waals surface area contributed by atoms with E-state index in [4.69, 9.17) is 21.1 Å². The number of guanidine groups is 1. The molecule has 0 spiro atoms. The summed E-state index contributed by atoms with van der Waals surface area (Å²) in [6, 6.07) is 5.84. The zero-order valence-electron chi connectivity index (χ0n) is 15.8. The van der Waals surface area contributed by atoms with Gasteiger partial charge < -0.3 is 20.1 Å². The van der Waals surface area contributed by atoms with Gasteiger partial charge in [-0.05, 0) is 55.4 Å². The van der Waals surface area contributed by atoms with Crippen LogP contribution in [-0.2, 0) is 15.9 Å². The summed E-state index contributed by atoms with van der Waals surface area (Å²) in [5.74, 6) is 1.48. The number of benzene rings is 1. The second-order valence-electron chi connectivity index (χ2n) is 6.40. The Balaban J connectivity index is 0.00000364. The van der Waals surface area contributed by atoms with Crippen LogP contribution >= 0.6 is 51.5 Å². The molecule has 1 aliphatic heterocycles. The maximum absolute atomic E-state index is 6.05. The van der Waals surface area contributed by atoms with Crippen LogP contribution in [0.2, 0.25) is 5.02 Å². The van der Waals surface area contributed by atoms with Crippen molar-refractivity contribution in [1.82, 2.24) is 10.6 Å². The minimum Gasteiger partial charge on any atom is -0.381 e. The lowest BCUT2D eigenvalue weighted by atomic mass is 10.0. The molecule has 2 N–H and O–H groups in total. The van der Waals surface area contributed by atoms with E-state index in [-0.39, 0.29) is 24.0 Å². The molecule has 27 heavy (non-hydrogen) atoms. The van der Waals surface area contributed by atoms with Gasteiger partial charge in [-0.3, -0.25) is 4.99 Å². The molecule has 0 unspecified atom stereocenters. The van der Waals surface area contributed by atoms with E-state index >= 15 is 0 Å². The van der Waals surface area contributed by atoms with E-state index in [1.807, 2.05) is 18.2 Å². The molecule has 1 saturated heterocycles. The third-order valence-electron chi connectivity index (χ3n) is 4.37. The zero-order valence-corrected chi connectivity index (χ0v) is 20.5. The van der Waals surface area contributed by atoms with Gasteiger partial charge in [0.05, 0.1) is 0 Å². The molecule has 1 heterocycles. The second-order valence-corrected chi connectivity index (χ2v) is 7.69. The molecule has 154 valence electrons. The molecule has 8 heteroatoms. The molecule has 1 aromatic rings. The van der Waals surface area contributed by atoms with Crippen molar-refractivity contribution in [2.24, 2.45) is 10.9 Å². The van der Waals surface area contributed by atoms with Gasteiger partial charge in [-0.25, -0.2) is 0 Å². The lowest BCUT2D eigenvalue weighted by Crippen LogP contribution is -2.39. The van der Waals surface area contributed by atoms with Crippen molar-refractivity contribution in [1.29, 1.82) is 0 Å². The maximum Gasteiger partial charge on any atom is 0.190 e. The summed E-state index contributed by atoms with van der Waals surface area (Å²) in [5, 5.41) is 7.40. The minimum atomic E-state index is 0. The summed E-state index contributed by atoms with van der Waals surface area (Å²) in [6.07, 6.45) is 4.08. The van der Waals surface area contributed by atoms with Crippen molar-refractivity contribution in [3.05, 3.63) is 33.3 Å². The van der Waals surface area contributed by atoms with Crippen molar-refractivity contribution >= 4 is 57.5 Å². The van der Waals surface area contributed by atoms with Crippen molar-refractivity contribution in [3.63, 3.8) is 0 Å². The highest BCUT2D eigenvalue weighted by atomic mass is 127. The zero-order chi connectivity index (χ0) is 18.6. The van der Waals surface area contributed by atoms with Crippen LogP contribution < -0.4 is 10.6 Å². The van der Waals surface area contributed by atoms with Gasteiger partial charge in [0.1, 0.15) is 0 Å². The number of halogens is 3. The molecule has 1 aromatic carbocycles. The first-order chi connectivity index (χ1) is 12.7. The summed E-state index contributed by atoms with van der Waals surface area (Å²) in [5.41, 5.74) is 1.18. The molecule has 0 radical (unpaired) electrons. The Morgan fingerprint density at radius 3 is 2.78 bits per heavy atom. The van der Waals surface area contributed by atoms with Crippen LogP contribution in [0.4, 0.5) is 0 Å². The smallest absolute Gasteiger partial charge is 0.190 e. The highest BCUT2D eigenvalue weighted by molar-refractivity contribution is 14.0. The number of nitrogens with zero attached hydrogens (tertiary/aromatic N) is 1. The van der Waals surface area contributed by atoms with E-state index in [2.05, 4.69) is 31.6 Å². The summed E-state index contributed by atoms with van der Waals surface area (Å²) in [6.45, 7) is 5.02. The first-order valence-electron chi connectivity index (χ1n) is 9.23. The maximum atomic E-state index is 6.05. The highest BCUT2D eigenvalue weighted by Gasteiger charge is 2.13. The van der Waals surface area contributed by atoms with Crippen molar-refractivity contribution in [3.8, 4) is 0 Å². The number of aliphatic imine (C=N–C) groups is 1. The molecule has 5 nitrogen and oxygen atoms in total. The van der Waals surface area contributed by atoms with Crippen molar-refractivity contribution in [2.45, 2.75) is 25.7 Å². The van der Waals surface area contributed by atoms with Gasteiger partial charge in [0, 0.05) is 56.1 Å². The van der Waals surface area contributed by atoms with E-state index in [0.717, 1.165) is 80.7 Å². The molecule has 0 amide bonds. The van der Waals surface area contributed by atoms with Crippen molar-refractivity contribution in [2.75, 3.05) is 46.6 Å². The van der Waals surface area contributed by atoms with Gasteiger partial charge in [0.25, 0.3) is 0 Å². The lowest BCUT2D eigenvalue weighted by Gasteiger charge is -2.21. The summed E-state index contributed by atoms with van der Waals surface area (Å²) >= 11 is 9.61. The number of ether oxygens (including phenoxy) is 2. The van der Waals surface area contributed by atoms with Gasteiger partial charge in [-0.2, -0.15) is 0 Å². The Morgan fingerprint density at radius 2 is 2.04 bits per heavy atom. The second kappa shape index (κ2) is 14.8. The molecule has 0 atom stereocenters. The number of hydrogen-bond acceptors (Lipinski definition) is 3. The Morgan fingerprint density at radius 1 is 1.30 bits per heavy atom. The molecule has 2 rings (SSSR count). The molecule has 1 fully saturated rings. The standard InChI is InChI=1S/C19H29BrClN3O2.HI/c1-22-19(24-9-5-16-13-17(21)3-4-18(16)20)23-8-2-10-26-14-15-6-11-25-12-7-15;/h3-4,13,15H,2,5-12,14H2,1H3,(H2,22,23,24);1H. The Kier molecular flexibility index (Phi) is 13.7. The number of hydrogen-bond donors (Lipinski definition) is 2. The molecular formula is C19H30BrClIN3O2. The average Bonchev–Trinajstić information content (AvgIpc) is 2.66. The molecule has 0 aliphatic carbocycles. The number of rotatable bonds is 9. The molecular weight excluding hydrogens is 544 g/mol. The van der Waals surface area contributed by atoms with E-state index in [1.165, 1.54) is 5.56 Å². The first-order valence-corrected chi connectivity index (χ1v) is 10.4. The molecule has 0 saturated carbocycles. The van der Waals surface area contributed by atoms with E-state index in [9.17, 15) is 0 Å². The minimum absolute atomic E-state index is 0. The van der Waals surface area contributed by atoms with Gasteiger partial charge in [-0.1, -0.05) is 27.5 Å². The SMILES string of the molecule is CN=C(NCCCOCC1CCOCC1)NCCc1cc(Cl)ccc1Br.I. The van der Waals surface area contributed by atoms with Crippen molar-refractivity contribution < 1.29 is 9.47 Å². The van der Waals surface area contributed by atoms with E-state index in [0.29, 0.717) is 5.92 Å². The van der Waals surface area contributed by atoms with Crippen LogP contribution in [0.5, 0.6) is 0 Å². The largest absolute Gasteiger partial charge is 0.381 e. The fourth-order valence-corrected chi connectivity index (χ4v) is 3.45. The summed E-state index contributed by atoms with van der Waals surface area (Å²) in [4.78, 5) is 4.25. The van der Waals surface area contributed by atoms with Crippen LogP contribution in [0.1, 0.15) is 24.8 Å². The molecule has 0 bridgehead atoms. The summed E-state index contributed by atoms with van der Waals surface area (Å²) in [7, 11) is 1.78. The fourth-order valence-electron chi connectivity index (χ4n) is 2.82. The van der Waals surface area contributed by atoms with Crippen LogP contribution in [0.25, 0.3) is 0 Å². The van der Waals surface area contributed by atoms with Gasteiger partial charge in [0.15, 0.2) is 5.96 Å². The van der Waals surface area contributed by atoms with Crippen LogP contribution in [0, 0.1) is 5.92 Å². The average molecular weight is 575 g/mol. The predicted octanol–water partition coefficient (Wildman–Crippen LogP) is 4.26. The quantitative estimate of drug-likeness (QED) is 0.200. The van der Waals surface area contributed by atoms with E-state index < -0.39 is 0 Å². The first kappa shape index (κ1) is 24.9. The Bertz CT molecular complexity index is 572. The predicted molar refractivity (Wildman–Crippen MR) is 127 cm³/mol. The normalized spacial score (nSPS) is 15.3. The van der Waals surface area contributed by atoms with Crippen LogP contribution in [0.15, 0.2) is 27.7 Å². The third kappa shape index (κ3) is 10.3. The van der Waals surface area contributed by atoms with Crippen LogP contribution in [-0.4, -0.2) is 52.5 Å².